The molecule has 5 rings (SSSR count). The Morgan fingerprint density at radius 3 is 2.26 bits per heavy atom. The molecule has 1 saturated heterocycles. The molecule has 0 bridgehead atoms. The van der Waals surface area contributed by atoms with Crippen molar-refractivity contribution in [1.29, 1.82) is 0 Å². The number of fused-ring (bicyclic) bond motifs is 1. The lowest BCUT2D eigenvalue weighted by molar-refractivity contribution is -0.147. The lowest BCUT2D eigenvalue weighted by Crippen LogP contribution is -2.56. The Kier molecular flexibility index (Phi) is 8.19. The van der Waals surface area contributed by atoms with Crippen molar-refractivity contribution in [3.63, 3.8) is 0 Å². The van der Waals surface area contributed by atoms with Crippen LogP contribution in [0.4, 0.5) is 4.39 Å². The molecule has 0 saturated carbocycles. The molecule has 1 aliphatic rings. The van der Waals surface area contributed by atoms with E-state index < -0.39 is 17.3 Å². The number of aryl methyl sites for hydroxylation is 2. The van der Waals surface area contributed by atoms with E-state index in [1.54, 1.807) is 41.8 Å². The zero-order chi connectivity index (χ0) is 30.2. The summed E-state index contributed by atoms with van der Waals surface area (Å²) in [5.41, 5.74) is 1.91. The van der Waals surface area contributed by atoms with Gasteiger partial charge in [-0.25, -0.2) is 9.49 Å². The first-order chi connectivity index (χ1) is 19.9. The van der Waals surface area contributed by atoms with E-state index in [-0.39, 0.29) is 30.1 Å². The van der Waals surface area contributed by atoms with Gasteiger partial charge in [-0.15, -0.1) is 0 Å². The van der Waals surface area contributed by atoms with Gasteiger partial charge in [0.15, 0.2) is 5.60 Å². The van der Waals surface area contributed by atoms with Crippen LogP contribution in [0.5, 0.6) is 5.75 Å². The second-order valence-corrected chi connectivity index (χ2v) is 11.9. The Morgan fingerprint density at radius 1 is 0.976 bits per heavy atom. The summed E-state index contributed by atoms with van der Waals surface area (Å²) in [5, 5.41) is 7.93. The first-order valence-electron chi connectivity index (χ1n) is 13.7. The highest BCUT2D eigenvalue weighted by molar-refractivity contribution is 9.10. The van der Waals surface area contributed by atoms with Crippen molar-refractivity contribution in [2.45, 2.75) is 39.7 Å². The number of hydrogen-bond acceptors (Lipinski definition) is 5. The number of hydrogen-bond donors (Lipinski definition) is 1. The fourth-order valence-corrected chi connectivity index (χ4v) is 5.54. The van der Waals surface area contributed by atoms with Gasteiger partial charge in [0.1, 0.15) is 11.6 Å². The monoisotopic (exact) mass is 634 g/mol. The quantitative estimate of drug-likeness (QED) is 0.316. The number of H-pyrrole nitrogens is 1. The van der Waals surface area contributed by atoms with Crippen molar-refractivity contribution >= 4 is 38.5 Å². The maximum absolute atomic E-state index is 14.9. The third kappa shape index (κ3) is 5.94. The van der Waals surface area contributed by atoms with Gasteiger partial charge in [0.25, 0.3) is 17.4 Å². The van der Waals surface area contributed by atoms with Crippen molar-refractivity contribution in [2.24, 2.45) is 0 Å². The predicted octanol–water partition coefficient (Wildman–Crippen LogP) is 5.17. The summed E-state index contributed by atoms with van der Waals surface area (Å²) < 4.78 is 22.0. The molecule has 10 heteroatoms. The molecule has 1 aromatic heterocycles. The summed E-state index contributed by atoms with van der Waals surface area (Å²) >= 11 is 3.55. The lowest BCUT2D eigenvalue weighted by Gasteiger charge is -2.38. The fraction of sp³-hybridized carbons (Fsp3) is 0.312. The molecule has 2 heterocycles. The number of amides is 2. The maximum Gasteiger partial charge on any atom is 0.272 e. The fourth-order valence-electron chi connectivity index (χ4n) is 5.31. The number of nitrogens with zero attached hydrogens (tertiary/aromatic N) is 3. The van der Waals surface area contributed by atoms with Gasteiger partial charge in [-0.05, 0) is 74.7 Å². The summed E-state index contributed by atoms with van der Waals surface area (Å²) in [7, 11) is 0. The molecule has 0 atom stereocenters. The van der Waals surface area contributed by atoms with Gasteiger partial charge in [0.05, 0.1) is 16.6 Å². The Labute approximate surface area is 251 Å². The molecule has 0 radical (unpaired) electrons. The summed E-state index contributed by atoms with van der Waals surface area (Å²) in [4.78, 5) is 42.2. The molecule has 8 nitrogen and oxygen atoms in total. The van der Waals surface area contributed by atoms with Gasteiger partial charge in [-0.3, -0.25) is 14.4 Å². The van der Waals surface area contributed by atoms with Crippen molar-refractivity contribution in [1.82, 2.24) is 20.0 Å². The van der Waals surface area contributed by atoms with Gasteiger partial charge >= 0.3 is 0 Å². The van der Waals surface area contributed by atoms with Crippen molar-refractivity contribution in [3.05, 3.63) is 103 Å². The largest absolute Gasteiger partial charge is 0.478 e. The van der Waals surface area contributed by atoms with Gasteiger partial charge < -0.3 is 14.5 Å². The highest BCUT2D eigenvalue weighted by Crippen LogP contribution is 2.29. The number of halogens is 2. The van der Waals surface area contributed by atoms with Crippen LogP contribution in [0, 0.1) is 19.7 Å². The minimum atomic E-state index is -1.11. The van der Waals surface area contributed by atoms with Gasteiger partial charge in [-0.2, -0.15) is 5.10 Å². The molecule has 1 aliphatic heterocycles. The van der Waals surface area contributed by atoms with E-state index in [9.17, 15) is 18.8 Å². The molecule has 1 N–H and O–H groups in total. The van der Waals surface area contributed by atoms with E-state index in [1.165, 1.54) is 12.1 Å². The standard InChI is InChI=1S/C32H32BrFN4O4/c1-19-15-22(16-20(2)28(19)33)42-32(3,4)31(41)38-13-11-37(12-14-38)30(40)25-17-21(9-10-26(25)34)18-27-23-7-5-6-8-24(23)29(39)36-35-27/h5-10,15-17H,11-14,18H2,1-4H3,(H,36,39). The Morgan fingerprint density at radius 2 is 1.60 bits per heavy atom. The van der Waals surface area contributed by atoms with Gasteiger partial charge in [-0.1, -0.05) is 40.2 Å². The summed E-state index contributed by atoms with van der Waals surface area (Å²) in [6.07, 6.45) is 0.312. The minimum absolute atomic E-state index is 0.0364. The molecule has 0 aliphatic carbocycles. The van der Waals surface area contributed by atoms with E-state index in [0.29, 0.717) is 47.3 Å². The Hall–Kier alpha value is -4.05. The molecule has 2 amide bonds. The van der Waals surface area contributed by atoms with Crippen LogP contribution in [-0.2, 0) is 11.2 Å². The number of aromatic amines is 1. The second-order valence-electron chi connectivity index (χ2n) is 11.1. The van der Waals surface area contributed by atoms with E-state index in [0.717, 1.165) is 15.6 Å². The average Bonchev–Trinajstić information content (AvgIpc) is 2.97. The maximum atomic E-state index is 14.9. The van der Waals surface area contributed by atoms with Crippen LogP contribution in [0.2, 0.25) is 0 Å². The van der Waals surface area contributed by atoms with Gasteiger partial charge in [0, 0.05) is 42.5 Å². The van der Waals surface area contributed by atoms with E-state index in [1.807, 2.05) is 38.1 Å². The number of ether oxygens (including phenoxy) is 1. The highest BCUT2D eigenvalue weighted by atomic mass is 79.9. The van der Waals surface area contributed by atoms with Crippen molar-refractivity contribution in [2.75, 3.05) is 26.2 Å². The number of benzene rings is 3. The summed E-state index contributed by atoms with van der Waals surface area (Å²) in [6, 6.07) is 15.4. The van der Waals surface area contributed by atoms with Crippen LogP contribution in [-0.4, -0.2) is 63.6 Å². The smallest absolute Gasteiger partial charge is 0.272 e. The molecule has 0 unspecified atom stereocenters. The third-order valence-corrected chi connectivity index (χ3v) is 8.81. The summed E-state index contributed by atoms with van der Waals surface area (Å²) in [5.74, 6) is -0.615. The number of nitrogens with one attached hydrogen (secondary N) is 1. The van der Waals surface area contributed by atoms with Crippen LogP contribution < -0.4 is 10.3 Å². The molecular formula is C32H32BrFN4O4. The SMILES string of the molecule is Cc1cc(OC(C)(C)C(=O)N2CCN(C(=O)c3cc(Cc4n[nH]c(=O)c5ccccc45)ccc3F)CC2)cc(C)c1Br. The zero-order valence-corrected chi connectivity index (χ0v) is 25.5. The molecule has 3 aromatic carbocycles. The van der Waals surface area contributed by atoms with Crippen LogP contribution in [0.15, 0.2) is 63.9 Å². The van der Waals surface area contributed by atoms with Crippen LogP contribution in [0.1, 0.15) is 46.6 Å². The van der Waals surface area contributed by atoms with Gasteiger partial charge in [0.2, 0.25) is 0 Å². The van der Waals surface area contributed by atoms with E-state index >= 15 is 0 Å². The predicted molar refractivity (Wildman–Crippen MR) is 162 cm³/mol. The average molecular weight is 636 g/mol. The first kappa shape index (κ1) is 29.4. The number of carbonyl (C=O) groups excluding carboxylic acids is 2. The topological polar surface area (TPSA) is 95.6 Å². The molecule has 4 aromatic rings. The summed E-state index contributed by atoms with van der Waals surface area (Å²) in [6.45, 7) is 8.57. The van der Waals surface area contributed by atoms with E-state index in [4.69, 9.17) is 4.74 Å². The van der Waals surface area contributed by atoms with Crippen LogP contribution in [0.25, 0.3) is 10.8 Å². The van der Waals surface area contributed by atoms with Crippen LogP contribution in [0.3, 0.4) is 0 Å². The number of piperazine rings is 1. The lowest BCUT2D eigenvalue weighted by atomic mass is 10.0. The first-order valence-corrected chi connectivity index (χ1v) is 14.5. The number of aromatic nitrogens is 2. The van der Waals surface area contributed by atoms with Crippen LogP contribution >= 0.6 is 15.9 Å². The van der Waals surface area contributed by atoms with Crippen molar-refractivity contribution < 1.29 is 18.7 Å². The number of carbonyl (C=O) groups is 2. The normalized spacial score (nSPS) is 13.9. The van der Waals surface area contributed by atoms with Crippen molar-refractivity contribution in [3.8, 4) is 5.75 Å². The minimum Gasteiger partial charge on any atom is -0.478 e. The highest BCUT2D eigenvalue weighted by Gasteiger charge is 2.37. The zero-order valence-electron chi connectivity index (χ0n) is 24.0. The second kappa shape index (κ2) is 11.7. The molecule has 0 spiro atoms. The number of rotatable bonds is 6. The molecular weight excluding hydrogens is 603 g/mol. The molecule has 42 heavy (non-hydrogen) atoms. The van der Waals surface area contributed by atoms with E-state index in [2.05, 4.69) is 26.1 Å². The molecule has 1 fully saturated rings. The third-order valence-electron chi connectivity index (χ3n) is 7.56. The Bertz CT molecular complexity index is 1720. The molecule has 218 valence electrons. The Balaban J connectivity index is 1.26.